The average Bonchev–Trinajstić information content (AvgIpc) is 3.68. The maximum atomic E-state index is 2.49. The number of benzene rings is 6. The average molecular weight is 566 g/mol. The highest BCUT2D eigenvalue weighted by molar-refractivity contribution is 6.12. The summed E-state index contributed by atoms with van der Waals surface area (Å²) in [5.41, 5.74) is 12.1. The van der Waals surface area contributed by atoms with E-state index in [1.165, 1.54) is 55.3 Å². The lowest BCUT2D eigenvalue weighted by Crippen LogP contribution is -2.15. The highest BCUT2D eigenvalue weighted by Crippen LogP contribution is 2.49. The molecule has 0 amide bonds. The van der Waals surface area contributed by atoms with Gasteiger partial charge in [0.25, 0.3) is 0 Å². The van der Waals surface area contributed by atoms with E-state index in [1.54, 1.807) is 0 Å². The molecule has 0 saturated carbocycles. The number of aromatic nitrogens is 2. The van der Waals surface area contributed by atoms with Crippen LogP contribution in [0.5, 0.6) is 0 Å². The molecule has 1 aliphatic rings. The van der Waals surface area contributed by atoms with Crippen molar-refractivity contribution < 1.29 is 0 Å². The quantitative estimate of drug-likeness (QED) is 0.207. The van der Waals surface area contributed by atoms with Crippen LogP contribution >= 0.6 is 0 Å². The molecule has 44 heavy (non-hydrogen) atoms. The first-order valence-corrected chi connectivity index (χ1v) is 15.3. The third-order valence-electron chi connectivity index (χ3n) is 9.43. The third kappa shape index (κ3) is 3.50. The van der Waals surface area contributed by atoms with Crippen LogP contribution in [0.15, 0.2) is 152 Å². The van der Waals surface area contributed by atoms with Crippen LogP contribution < -0.4 is 4.90 Å². The Hall–Kier alpha value is -5.54. The summed E-state index contributed by atoms with van der Waals surface area (Å²) >= 11 is 0. The van der Waals surface area contributed by atoms with Crippen molar-refractivity contribution in [3.05, 3.63) is 163 Å². The molecule has 3 heteroatoms. The highest BCUT2D eigenvalue weighted by atomic mass is 15.1. The minimum absolute atomic E-state index is 0.122. The van der Waals surface area contributed by atoms with Gasteiger partial charge in [-0.3, -0.25) is 0 Å². The second-order valence-electron chi connectivity index (χ2n) is 12.3. The molecule has 0 spiro atoms. The van der Waals surface area contributed by atoms with Gasteiger partial charge in [-0.05, 0) is 84.4 Å². The minimum Gasteiger partial charge on any atom is -0.312 e. The lowest BCUT2D eigenvalue weighted by atomic mass is 9.83. The maximum Gasteiger partial charge on any atom is 0.0545 e. The minimum atomic E-state index is -0.122. The Morgan fingerprint density at radius 1 is 0.477 bits per heavy atom. The van der Waals surface area contributed by atoms with E-state index in [2.05, 4.69) is 180 Å². The molecule has 0 saturated heterocycles. The molecular weight excluding hydrogens is 534 g/mol. The molecule has 3 nitrogen and oxygen atoms in total. The van der Waals surface area contributed by atoms with E-state index in [0.717, 1.165) is 17.1 Å². The van der Waals surface area contributed by atoms with E-state index in [0.29, 0.717) is 0 Å². The first kappa shape index (κ1) is 25.0. The number of anilines is 3. The fourth-order valence-electron chi connectivity index (χ4n) is 7.34. The van der Waals surface area contributed by atoms with Gasteiger partial charge in [0.2, 0.25) is 0 Å². The van der Waals surface area contributed by atoms with Crippen LogP contribution in [0.1, 0.15) is 25.1 Å². The summed E-state index contributed by atoms with van der Waals surface area (Å²) in [6.07, 6.45) is 0. The van der Waals surface area contributed by atoms with Crippen molar-refractivity contribution in [2.45, 2.75) is 19.3 Å². The fraction of sp³-hybridized carbons (Fsp3) is 0.0732. The van der Waals surface area contributed by atoms with Crippen molar-refractivity contribution in [2.24, 2.45) is 0 Å². The Morgan fingerprint density at radius 3 is 1.80 bits per heavy atom. The summed E-state index contributed by atoms with van der Waals surface area (Å²) in [5.74, 6) is 0. The van der Waals surface area contributed by atoms with Crippen molar-refractivity contribution >= 4 is 49.8 Å². The van der Waals surface area contributed by atoms with Gasteiger partial charge in [0.1, 0.15) is 0 Å². The molecule has 0 radical (unpaired) electrons. The second kappa shape index (κ2) is 9.23. The molecule has 0 fully saturated rings. The summed E-state index contributed by atoms with van der Waals surface area (Å²) < 4.78 is 4.92. The van der Waals surface area contributed by atoms with Gasteiger partial charge in [0.15, 0.2) is 0 Å². The van der Waals surface area contributed by atoms with Crippen molar-refractivity contribution in [1.82, 2.24) is 9.13 Å². The largest absolute Gasteiger partial charge is 0.312 e. The topological polar surface area (TPSA) is 13.1 Å². The molecule has 6 aromatic carbocycles. The van der Waals surface area contributed by atoms with Gasteiger partial charge in [-0.2, -0.15) is 0 Å². The van der Waals surface area contributed by atoms with E-state index in [4.69, 9.17) is 0 Å². The third-order valence-corrected chi connectivity index (χ3v) is 9.43. The van der Waals surface area contributed by atoms with Crippen molar-refractivity contribution in [3.63, 3.8) is 0 Å². The molecule has 9 rings (SSSR count). The fourth-order valence-corrected chi connectivity index (χ4v) is 7.34. The Balaban J connectivity index is 1.37. The molecule has 8 aromatic rings. The summed E-state index contributed by atoms with van der Waals surface area (Å²) in [4.78, 5) is 2.35. The van der Waals surface area contributed by atoms with E-state index < -0.39 is 0 Å². The second-order valence-corrected chi connectivity index (χ2v) is 12.3. The molecule has 2 aromatic heterocycles. The normalized spacial score (nSPS) is 13.4. The summed E-state index contributed by atoms with van der Waals surface area (Å²) in [5, 5.41) is 3.78. The Kier molecular flexibility index (Phi) is 5.24. The zero-order valence-corrected chi connectivity index (χ0v) is 24.8. The van der Waals surface area contributed by atoms with Gasteiger partial charge in [0, 0.05) is 50.0 Å². The van der Waals surface area contributed by atoms with Crippen molar-refractivity contribution in [2.75, 3.05) is 4.90 Å². The van der Waals surface area contributed by atoms with E-state index in [-0.39, 0.29) is 5.41 Å². The van der Waals surface area contributed by atoms with Crippen molar-refractivity contribution in [3.8, 4) is 11.4 Å². The lowest BCUT2D eigenvalue weighted by Gasteiger charge is -2.25. The number of hydrogen-bond acceptors (Lipinski definition) is 1. The molecule has 0 atom stereocenters. The number of fused-ring (bicyclic) bond motifs is 8. The lowest BCUT2D eigenvalue weighted by molar-refractivity contribution is 0.645. The number of rotatable bonds is 4. The van der Waals surface area contributed by atoms with Gasteiger partial charge in [-0.25, -0.2) is 0 Å². The predicted molar refractivity (Wildman–Crippen MR) is 184 cm³/mol. The number of para-hydroxylation sites is 4. The maximum absolute atomic E-state index is 2.49. The van der Waals surface area contributed by atoms with Gasteiger partial charge in [-0.15, -0.1) is 0 Å². The molecule has 0 bridgehead atoms. The zero-order chi connectivity index (χ0) is 29.4. The monoisotopic (exact) mass is 565 g/mol. The van der Waals surface area contributed by atoms with Crippen LogP contribution in [0.25, 0.3) is 44.1 Å². The Labute approximate surface area is 256 Å². The summed E-state index contributed by atoms with van der Waals surface area (Å²) in [6, 6.07) is 55.0. The van der Waals surface area contributed by atoms with Crippen LogP contribution in [0.4, 0.5) is 17.1 Å². The molecule has 0 unspecified atom stereocenters. The molecule has 0 aliphatic carbocycles. The van der Waals surface area contributed by atoms with E-state index in [1.807, 2.05) is 0 Å². The van der Waals surface area contributed by atoms with Gasteiger partial charge in [-0.1, -0.05) is 86.6 Å². The first-order chi connectivity index (χ1) is 21.6. The first-order valence-electron chi connectivity index (χ1n) is 15.3. The summed E-state index contributed by atoms with van der Waals surface area (Å²) in [7, 11) is 0. The molecule has 0 N–H and O–H groups in total. The SMILES string of the molecule is CC1(C)c2cc3c(cc2-n2c1cc1ccccc12)c1cc(N(c2ccccc2)c2ccccc2)ccc1n3-c1ccccc1. The standard InChI is InChI=1S/C41H31N3/c1-41(2)35-27-38-34(26-39(35)44-36-21-13-12-14-28(36)24-40(41)44)33-25-32(22-23-37(33)43(38)31-19-10-5-11-20-31)42(29-15-6-3-7-16-29)30-17-8-4-9-18-30/h3-27H,1-2H3. The Morgan fingerprint density at radius 2 is 1.09 bits per heavy atom. The van der Waals surface area contributed by atoms with Gasteiger partial charge >= 0.3 is 0 Å². The van der Waals surface area contributed by atoms with Crippen LogP contribution in [0.3, 0.4) is 0 Å². The van der Waals surface area contributed by atoms with E-state index >= 15 is 0 Å². The summed E-state index contributed by atoms with van der Waals surface area (Å²) in [6.45, 7) is 4.72. The van der Waals surface area contributed by atoms with Crippen molar-refractivity contribution in [1.29, 1.82) is 0 Å². The van der Waals surface area contributed by atoms with Gasteiger partial charge < -0.3 is 14.0 Å². The predicted octanol–water partition coefficient (Wildman–Crippen LogP) is 10.8. The van der Waals surface area contributed by atoms with Crippen LogP contribution in [0.2, 0.25) is 0 Å². The molecule has 1 aliphatic heterocycles. The highest BCUT2D eigenvalue weighted by Gasteiger charge is 2.38. The van der Waals surface area contributed by atoms with Crippen LogP contribution in [-0.4, -0.2) is 9.13 Å². The molecule has 3 heterocycles. The molecule has 210 valence electrons. The Bertz CT molecular complexity index is 2300. The van der Waals surface area contributed by atoms with Gasteiger partial charge in [0.05, 0.1) is 22.2 Å². The number of hydrogen-bond donors (Lipinski definition) is 0. The van der Waals surface area contributed by atoms with Crippen LogP contribution in [-0.2, 0) is 5.41 Å². The zero-order valence-electron chi connectivity index (χ0n) is 24.8. The number of nitrogens with zero attached hydrogens (tertiary/aromatic N) is 3. The van der Waals surface area contributed by atoms with Crippen LogP contribution in [0, 0.1) is 0 Å². The smallest absolute Gasteiger partial charge is 0.0545 e. The molecular formula is C41H31N3. The van der Waals surface area contributed by atoms with E-state index in [9.17, 15) is 0 Å².